The molecule has 3 aromatic rings. The molecule has 4 rings (SSSR count). The van der Waals surface area contributed by atoms with Crippen LogP contribution in [0.1, 0.15) is 5.30 Å². The van der Waals surface area contributed by atoms with Gasteiger partial charge >= 0.3 is 0 Å². The molecule has 0 aliphatic carbocycles. The van der Waals surface area contributed by atoms with Crippen molar-refractivity contribution in [2.45, 2.75) is 6.42 Å². The van der Waals surface area contributed by atoms with Crippen LogP contribution in [-0.2, 0) is 6.42 Å². The normalized spacial score (nSPS) is 12.1. The Morgan fingerprint density at radius 2 is 1.41 bits per heavy atom. The van der Waals surface area contributed by atoms with Gasteiger partial charge in [-0.1, -0.05) is 68.3 Å². The van der Waals surface area contributed by atoms with E-state index in [1.54, 1.807) is 0 Å². The zero-order valence-corrected chi connectivity index (χ0v) is 18.7. The zero-order chi connectivity index (χ0) is 18.6. The Hall–Kier alpha value is -1.74. The summed E-state index contributed by atoms with van der Waals surface area (Å²) in [5, 5.41) is 1.44. The molecule has 0 N–H and O–H groups in total. The third-order valence-electron chi connectivity index (χ3n) is 4.36. The van der Waals surface area contributed by atoms with Gasteiger partial charge in [0.15, 0.2) is 11.5 Å². The second-order valence-corrected chi connectivity index (χ2v) is 9.29. The monoisotopic (exact) mass is 501 g/mol. The fourth-order valence-electron chi connectivity index (χ4n) is 3.09. The maximum atomic E-state index is 6.17. The van der Waals surface area contributed by atoms with Crippen LogP contribution in [0.4, 0.5) is 11.4 Å². The molecule has 1 unspecified atom stereocenters. The number of rotatable bonds is 3. The summed E-state index contributed by atoms with van der Waals surface area (Å²) in [4.78, 5) is 2.36. The maximum Gasteiger partial charge on any atom is 0.152 e. The van der Waals surface area contributed by atoms with Crippen molar-refractivity contribution in [3.63, 3.8) is 0 Å². The topological polar surface area (TPSA) is 12.5 Å². The van der Waals surface area contributed by atoms with Gasteiger partial charge in [-0.15, -0.1) is 8.19 Å². The third kappa shape index (κ3) is 4.40. The fraction of sp³-hybridized carbons (Fsp3) is 0.0909. The molecule has 1 atom stereocenters. The first-order valence-corrected chi connectivity index (χ1v) is 11.4. The van der Waals surface area contributed by atoms with Crippen molar-refractivity contribution in [1.82, 2.24) is 0 Å². The maximum absolute atomic E-state index is 6.17. The van der Waals surface area contributed by atoms with E-state index in [1.807, 2.05) is 12.1 Å². The number of halogens is 2. The molecule has 5 heteroatoms. The highest BCUT2D eigenvalue weighted by Gasteiger charge is 2.24. The van der Waals surface area contributed by atoms with Gasteiger partial charge < -0.3 is 9.64 Å². The lowest BCUT2D eigenvalue weighted by atomic mass is 10.1. The Kier molecular flexibility index (Phi) is 5.87. The van der Waals surface area contributed by atoms with Gasteiger partial charge in [0.05, 0.1) is 11.4 Å². The second kappa shape index (κ2) is 8.52. The summed E-state index contributed by atoms with van der Waals surface area (Å²) in [6.07, 6.45) is 0.998. The Balaban J connectivity index is 1.69. The predicted octanol–water partition coefficient (Wildman–Crippen LogP) is 7.85. The van der Waals surface area contributed by atoms with Gasteiger partial charge in [-0.05, 0) is 53.9 Å². The highest BCUT2D eigenvalue weighted by molar-refractivity contribution is 9.10. The Morgan fingerprint density at radius 3 is 2.11 bits per heavy atom. The lowest BCUT2D eigenvalue weighted by molar-refractivity contribution is 0.472. The molecule has 0 bridgehead atoms. The highest BCUT2D eigenvalue weighted by atomic mass is 79.9. The molecule has 0 radical (unpaired) electrons. The summed E-state index contributed by atoms with van der Waals surface area (Å²) < 4.78 is 8.20. The average molecular weight is 503 g/mol. The van der Waals surface area contributed by atoms with Crippen LogP contribution in [0.25, 0.3) is 0 Å². The van der Waals surface area contributed by atoms with Crippen LogP contribution in [0.2, 0.25) is 0 Å². The molecule has 1 aliphatic heterocycles. The predicted molar refractivity (Wildman–Crippen MR) is 123 cm³/mol. The molecule has 136 valence electrons. The minimum absolute atomic E-state index is 0.705. The van der Waals surface area contributed by atoms with Gasteiger partial charge in [-0.2, -0.15) is 0 Å². The van der Waals surface area contributed by atoms with Gasteiger partial charge in [0.1, 0.15) is 0 Å². The summed E-state index contributed by atoms with van der Waals surface area (Å²) >= 11 is 7.11. The minimum atomic E-state index is 0.705. The van der Waals surface area contributed by atoms with Crippen molar-refractivity contribution in [3.8, 4) is 11.5 Å². The lowest BCUT2D eigenvalue weighted by Crippen LogP contribution is -2.23. The average Bonchev–Trinajstić information content (AvgIpc) is 2.78. The van der Waals surface area contributed by atoms with E-state index in [0.29, 0.717) is 8.19 Å². The SMILES string of the molecule is Brc1ccc2c(c1)Oc1cc(Br)ccc1N2CCc1ccccccc[pH]1. The zero-order valence-electron chi connectivity index (χ0n) is 14.5. The van der Waals surface area contributed by atoms with Crippen LogP contribution in [0.3, 0.4) is 0 Å². The molecule has 2 aromatic carbocycles. The first-order valence-electron chi connectivity index (χ1n) is 8.71. The van der Waals surface area contributed by atoms with Crippen LogP contribution < -0.4 is 9.64 Å². The Labute approximate surface area is 177 Å². The first kappa shape index (κ1) is 18.6. The van der Waals surface area contributed by atoms with Crippen molar-refractivity contribution < 1.29 is 4.74 Å². The van der Waals surface area contributed by atoms with Gasteiger partial charge in [-0.25, -0.2) is 0 Å². The molecule has 0 amide bonds. The lowest BCUT2D eigenvalue weighted by Gasteiger charge is -2.33. The summed E-state index contributed by atoms with van der Waals surface area (Å²) in [5.74, 6) is 4.00. The van der Waals surface area contributed by atoms with E-state index in [2.05, 4.69) is 103 Å². The standard InChI is InChI=1S/C22H18Br2NOP/c23-16-7-9-19-21(14-16)26-22-15-17(24)8-10-20(22)25(19)12-11-18-6-4-2-1-3-5-13-27-18/h1-10,13-15,27H,11-12H2. The van der Waals surface area contributed by atoms with Crippen LogP contribution in [0, 0.1) is 0 Å². The largest absolute Gasteiger partial charge is 0.453 e. The summed E-state index contributed by atoms with van der Waals surface area (Å²) in [7, 11) is 0.705. The second-order valence-electron chi connectivity index (χ2n) is 6.19. The molecule has 0 spiro atoms. The number of hydrogen-bond acceptors (Lipinski definition) is 2. The van der Waals surface area contributed by atoms with Crippen molar-refractivity contribution in [1.29, 1.82) is 0 Å². The molecule has 1 aromatic heterocycles. The number of anilines is 2. The molecular formula is C22H18Br2NOP. The molecular weight excluding hydrogens is 485 g/mol. The highest BCUT2D eigenvalue weighted by Crippen LogP contribution is 2.48. The Bertz CT molecular complexity index is 941. The van der Waals surface area contributed by atoms with E-state index in [0.717, 1.165) is 44.8 Å². The minimum Gasteiger partial charge on any atom is -0.453 e. The van der Waals surface area contributed by atoms with Crippen molar-refractivity contribution in [2.75, 3.05) is 11.4 Å². The van der Waals surface area contributed by atoms with Gasteiger partial charge in [0.25, 0.3) is 0 Å². The summed E-state index contributed by atoms with van der Waals surface area (Å²) in [6, 6.07) is 25.1. The van der Waals surface area contributed by atoms with E-state index < -0.39 is 0 Å². The molecule has 2 nitrogen and oxygen atoms in total. The number of benzene rings is 2. The van der Waals surface area contributed by atoms with Crippen LogP contribution >= 0.6 is 40.1 Å². The van der Waals surface area contributed by atoms with E-state index in [4.69, 9.17) is 4.74 Å². The van der Waals surface area contributed by atoms with Crippen molar-refractivity contribution in [2.24, 2.45) is 0 Å². The fourth-order valence-corrected chi connectivity index (χ4v) is 4.64. The van der Waals surface area contributed by atoms with Gasteiger partial charge in [0.2, 0.25) is 0 Å². The number of hydrogen-bond donors (Lipinski definition) is 0. The van der Waals surface area contributed by atoms with E-state index in [-0.39, 0.29) is 0 Å². The van der Waals surface area contributed by atoms with E-state index in [1.165, 1.54) is 5.30 Å². The van der Waals surface area contributed by atoms with Crippen LogP contribution in [-0.4, -0.2) is 6.54 Å². The molecule has 27 heavy (non-hydrogen) atoms. The molecule has 2 heterocycles. The molecule has 0 saturated carbocycles. The summed E-state index contributed by atoms with van der Waals surface area (Å²) in [6.45, 7) is 0.903. The van der Waals surface area contributed by atoms with Gasteiger partial charge in [0, 0.05) is 15.5 Å². The van der Waals surface area contributed by atoms with E-state index in [9.17, 15) is 0 Å². The smallest absolute Gasteiger partial charge is 0.152 e. The molecule has 0 fully saturated rings. The van der Waals surface area contributed by atoms with Crippen molar-refractivity contribution in [3.05, 3.63) is 92.8 Å². The number of ether oxygens (including phenoxy) is 1. The van der Waals surface area contributed by atoms with Crippen LogP contribution in [0.5, 0.6) is 11.5 Å². The van der Waals surface area contributed by atoms with Crippen molar-refractivity contribution >= 4 is 51.4 Å². The quantitative estimate of drug-likeness (QED) is 0.361. The third-order valence-corrected chi connectivity index (χ3v) is 6.49. The summed E-state index contributed by atoms with van der Waals surface area (Å²) in [5.41, 5.74) is 2.21. The molecule has 0 saturated heterocycles. The molecule has 1 aliphatic rings. The van der Waals surface area contributed by atoms with E-state index >= 15 is 0 Å². The Morgan fingerprint density at radius 1 is 0.778 bits per heavy atom. The van der Waals surface area contributed by atoms with Gasteiger partial charge in [-0.3, -0.25) is 0 Å². The number of nitrogens with zero attached hydrogens (tertiary/aromatic N) is 1. The number of fused-ring (bicyclic) bond motifs is 2. The first-order chi connectivity index (χ1) is 13.2. The van der Waals surface area contributed by atoms with Crippen LogP contribution in [0.15, 0.2) is 87.5 Å².